The summed E-state index contributed by atoms with van der Waals surface area (Å²) in [5.41, 5.74) is 1.73. The van der Waals surface area contributed by atoms with Crippen LogP contribution in [-0.4, -0.2) is 9.13 Å². The molecule has 7 aromatic rings. The second-order valence-corrected chi connectivity index (χ2v) is 11.4. The summed E-state index contributed by atoms with van der Waals surface area (Å²) in [5, 5.41) is 0.447. The third-order valence-corrected chi connectivity index (χ3v) is 8.44. The van der Waals surface area contributed by atoms with E-state index in [1.54, 1.807) is 24.3 Å². The molecular formula is C38H28N2O6. The molecule has 0 N–H and O–H groups in total. The fourth-order valence-electron chi connectivity index (χ4n) is 5.71. The molecule has 226 valence electrons. The summed E-state index contributed by atoms with van der Waals surface area (Å²) in [6, 6.07) is 33.2. The molecule has 2 aromatic heterocycles. The van der Waals surface area contributed by atoms with Gasteiger partial charge in [0, 0.05) is 13.0 Å². The van der Waals surface area contributed by atoms with Gasteiger partial charge in [0.05, 0.1) is 27.2 Å². The number of hydrogen-bond acceptors (Lipinski definition) is 6. The van der Waals surface area contributed by atoms with E-state index in [9.17, 15) is 19.2 Å². The lowest BCUT2D eigenvalue weighted by atomic mass is 9.93. The smallest absolute Gasteiger partial charge is 0.266 e. The first kappa shape index (κ1) is 28.7. The van der Waals surface area contributed by atoms with E-state index in [1.165, 1.54) is 24.7 Å². The molecule has 0 fully saturated rings. The summed E-state index contributed by atoms with van der Waals surface area (Å²) in [7, 11) is 1.37. The van der Waals surface area contributed by atoms with Gasteiger partial charge in [-0.05, 0) is 90.8 Å². The van der Waals surface area contributed by atoms with Gasteiger partial charge in [0.2, 0.25) is 0 Å². The fraction of sp³-hybridized carbons (Fsp3) is 0.105. The molecule has 8 heteroatoms. The number of fused-ring (bicyclic) bond motifs is 2. The number of ether oxygens (including phenoxy) is 2. The van der Waals surface area contributed by atoms with Crippen LogP contribution < -0.4 is 31.7 Å². The van der Waals surface area contributed by atoms with Gasteiger partial charge in [0.1, 0.15) is 23.0 Å². The first-order valence-electron chi connectivity index (χ1n) is 14.8. The summed E-state index contributed by atoms with van der Waals surface area (Å²) in [5.74, 6) is 2.90. The number of aryl methyl sites for hydroxylation is 1. The first-order valence-corrected chi connectivity index (χ1v) is 14.8. The zero-order chi connectivity index (χ0) is 32.1. The normalized spacial score (nSPS) is 12.1. The van der Waals surface area contributed by atoms with E-state index in [-0.39, 0.29) is 27.5 Å². The molecule has 0 saturated heterocycles. The third kappa shape index (κ3) is 4.99. The SMILES string of the molecule is Cc1ccc(Oc2ccc(C(C)c3ccc(Oc4ccc(-n5c(=O)c6cc7c(=O)n(C)c(=O)c7cc6c5=O)cc4)cc3)cc2)cc1. The molecule has 0 spiro atoms. The Morgan fingerprint density at radius 3 is 1.26 bits per heavy atom. The van der Waals surface area contributed by atoms with Crippen LogP contribution in [0.15, 0.2) is 128 Å². The highest BCUT2D eigenvalue weighted by Crippen LogP contribution is 2.30. The Balaban J connectivity index is 1.06. The molecule has 5 aromatic carbocycles. The van der Waals surface area contributed by atoms with Gasteiger partial charge in [-0.1, -0.05) is 48.9 Å². The molecule has 0 aliphatic rings. The average Bonchev–Trinajstić information content (AvgIpc) is 3.44. The second-order valence-electron chi connectivity index (χ2n) is 11.4. The van der Waals surface area contributed by atoms with Crippen LogP contribution in [-0.2, 0) is 7.05 Å². The number of rotatable bonds is 7. The van der Waals surface area contributed by atoms with Crippen LogP contribution in [0.1, 0.15) is 29.5 Å². The lowest BCUT2D eigenvalue weighted by Gasteiger charge is -2.14. The minimum Gasteiger partial charge on any atom is -0.457 e. The molecule has 0 aliphatic heterocycles. The predicted octanol–water partition coefficient (Wildman–Crippen LogP) is 6.48. The van der Waals surface area contributed by atoms with Crippen molar-refractivity contribution < 1.29 is 9.47 Å². The van der Waals surface area contributed by atoms with Crippen molar-refractivity contribution in [2.24, 2.45) is 7.05 Å². The van der Waals surface area contributed by atoms with Crippen LogP contribution in [0.5, 0.6) is 23.0 Å². The van der Waals surface area contributed by atoms with Crippen molar-refractivity contribution in [1.29, 1.82) is 0 Å². The van der Waals surface area contributed by atoms with E-state index in [4.69, 9.17) is 9.47 Å². The minimum atomic E-state index is -0.551. The van der Waals surface area contributed by atoms with Gasteiger partial charge in [0.15, 0.2) is 0 Å². The van der Waals surface area contributed by atoms with Crippen LogP contribution in [0, 0.1) is 6.92 Å². The second kappa shape index (κ2) is 11.2. The molecule has 0 amide bonds. The van der Waals surface area contributed by atoms with Crippen molar-refractivity contribution in [3.8, 4) is 28.7 Å². The van der Waals surface area contributed by atoms with Gasteiger partial charge in [-0.3, -0.25) is 23.7 Å². The Bertz CT molecular complexity index is 2370. The molecule has 46 heavy (non-hydrogen) atoms. The van der Waals surface area contributed by atoms with Gasteiger partial charge in [0.25, 0.3) is 22.2 Å². The van der Waals surface area contributed by atoms with Crippen molar-refractivity contribution in [2.75, 3.05) is 0 Å². The van der Waals surface area contributed by atoms with E-state index in [2.05, 4.69) is 19.1 Å². The van der Waals surface area contributed by atoms with Gasteiger partial charge in [-0.15, -0.1) is 0 Å². The maximum absolute atomic E-state index is 13.2. The van der Waals surface area contributed by atoms with Gasteiger partial charge >= 0.3 is 0 Å². The molecule has 0 bridgehead atoms. The standard InChI is InChI=1S/C38H28N2O6/c1-22-4-12-27(13-5-22)45-28-14-6-24(7-15-28)23(2)25-8-16-29(17-9-25)46-30-18-10-26(11-19-30)40-37(43)33-20-31-32(21-34(33)38(40)44)36(42)39(3)35(31)41/h4-21,23H,1-3H3. The number of benzene rings is 5. The molecule has 2 heterocycles. The zero-order valence-electron chi connectivity index (χ0n) is 25.3. The first-order chi connectivity index (χ1) is 22.2. The lowest BCUT2D eigenvalue weighted by molar-refractivity contribution is 0.482. The quantitative estimate of drug-likeness (QED) is 0.205. The Morgan fingerprint density at radius 2 is 0.848 bits per heavy atom. The van der Waals surface area contributed by atoms with Crippen LogP contribution >= 0.6 is 0 Å². The van der Waals surface area contributed by atoms with Crippen molar-refractivity contribution in [3.63, 3.8) is 0 Å². The molecule has 0 radical (unpaired) electrons. The summed E-state index contributed by atoms with van der Waals surface area (Å²) in [4.78, 5) is 51.2. The van der Waals surface area contributed by atoms with Gasteiger partial charge in [-0.2, -0.15) is 0 Å². The van der Waals surface area contributed by atoms with E-state index < -0.39 is 22.2 Å². The third-order valence-electron chi connectivity index (χ3n) is 8.44. The van der Waals surface area contributed by atoms with Crippen molar-refractivity contribution >= 4 is 21.5 Å². The van der Waals surface area contributed by atoms with E-state index >= 15 is 0 Å². The fourth-order valence-corrected chi connectivity index (χ4v) is 5.71. The molecule has 7 rings (SSSR count). The summed E-state index contributed by atoms with van der Waals surface area (Å²) < 4.78 is 14.0. The van der Waals surface area contributed by atoms with E-state index in [0.717, 1.165) is 31.8 Å². The monoisotopic (exact) mass is 608 g/mol. The van der Waals surface area contributed by atoms with E-state index in [1.807, 2.05) is 67.6 Å². The van der Waals surface area contributed by atoms with E-state index in [0.29, 0.717) is 17.2 Å². The maximum atomic E-state index is 13.2. The Labute approximate surface area is 262 Å². The minimum absolute atomic E-state index is 0.0985. The molecule has 1 atom stereocenters. The maximum Gasteiger partial charge on any atom is 0.266 e. The molecule has 1 unspecified atom stereocenters. The predicted molar refractivity (Wildman–Crippen MR) is 179 cm³/mol. The molecule has 8 nitrogen and oxygen atoms in total. The lowest BCUT2D eigenvalue weighted by Crippen LogP contribution is -2.23. The van der Waals surface area contributed by atoms with Crippen molar-refractivity contribution in [3.05, 3.63) is 167 Å². The van der Waals surface area contributed by atoms with Gasteiger partial charge < -0.3 is 9.47 Å². The summed E-state index contributed by atoms with van der Waals surface area (Å²) >= 11 is 0. The topological polar surface area (TPSA) is 96.6 Å². The van der Waals surface area contributed by atoms with Crippen LogP contribution in [0.4, 0.5) is 0 Å². The Hall–Kier alpha value is -6.02. The number of hydrogen-bond donors (Lipinski definition) is 0. The summed E-state index contributed by atoms with van der Waals surface area (Å²) in [6.07, 6.45) is 0. The van der Waals surface area contributed by atoms with Crippen LogP contribution in [0.25, 0.3) is 27.2 Å². The number of aromatic nitrogens is 2. The average molecular weight is 609 g/mol. The van der Waals surface area contributed by atoms with Crippen molar-refractivity contribution in [2.45, 2.75) is 19.8 Å². The van der Waals surface area contributed by atoms with Crippen LogP contribution in [0.3, 0.4) is 0 Å². The van der Waals surface area contributed by atoms with Gasteiger partial charge in [-0.25, -0.2) is 4.57 Å². The molecular weight excluding hydrogens is 580 g/mol. The highest BCUT2D eigenvalue weighted by Gasteiger charge is 2.19. The highest BCUT2D eigenvalue weighted by molar-refractivity contribution is 5.98. The zero-order valence-corrected chi connectivity index (χ0v) is 25.3. The number of nitrogens with zero attached hydrogens (tertiary/aromatic N) is 2. The Kier molecular flexibility index (Phi) is 6.97. The largest absolute Gasteiger partial charge is 0.457 e. The Morgan fingerprint density at radius 1 is 0.500 bits per heavy atom. The molecule has 0 saturated carbocycles. The summed E-state index contributed by atoms with van der Waals surface area (Å²) in [6.45, 7) is 4.19. The van der Waals surface area contributed by atoms with Crippen molar-refractivity contribution in [1.82, 2.24) is 9.13 Å². The van der Waals surface area contributed by atoms with Crippen LogP contribution in [0.2, 0.25) is 0 Å². The molecule has 0 aliphatic carbocycles. The highest BCUT2D eigenvalue weighted by atomic mass is 16.5.